The van der Waals surface area contributed by atoms with E-state index < -0.39 is 0 Å². The maximum atomic E-state index is 14.1. The van der Waals surface area contributed by atoms with Crippen molar-refractivity contribution in [1.82, 2.24) is 15.1 Å². The van der Waals surface area contributed by atoms with Crippen molar-refractivity contribution in [3.63, 3.8) is 0 Å². The molecule has 0 saturated carbocycles. The average molecular weight is 275 g/mol. The van der Waals surface area contributed by atoms with Gasteiger partial charge in [-0.15, -0.1) is 0 Å². The van der Waals surface area contributed by atoms with Crippen molar-refractivity contribution in [2.45, 2.75) is 39.8 Å². The smallest absolute Gasteiger partial charge is 0.128 e. The van der Waals surface area contributed by atoms with Crippen molar-refractivity contribution >= 4 is 0 Å². The number of halogens is 1. The number of rotatable bonds is 6. The summed E-state index contributed by atoms with van der Waals surface area (Å²) in [6.45, 7) is 7.78. The van der Waals surface area contributed by atoms with Gasteiger partial charge in [-0.2, -0.15) is 5.10 Å². The molecule has 0 bridgehead atoms. The van der Waals surface area contributed by atoms with Crippen LogP contribution in [-0.4, -0.2) is 16.3 Å². The van der Waals surface area contributed by atoms with Crippen molar-refractivity contribution in [3.05, 3.63) is 53.1 Å². The van der Waals surface area contributed by atoms with Crippen molar-refractivity contribution < 1.29 is 4.39 Å². The Labute approximate surface area is 119 Å². The van der Waals surface area contributed by atoms with E-state index in [9.17, 15) is 4.39 Å². The van der Waals surface area contributed by atoms with Crippen LogP contribution in [0.5, 0.6) is 0 Å². The molecule has 4 heteroatoms. The number of hydrogen-bond acceptors (Lipinski definition) is 2. The van der Waals surface area contributed by atoms with Crippen LogP contribution in [0.1, 0.15) is 43.0 Å². The lowest BCUT2D eigenvalue weighted by atomic mass is 9.99. The van der Waals surface area contributed by atoms with E-state index in [0.29, 0.717) is 5.56 Å². The highest BCUT2D eigenvalue weighted by molar-refractivity contribution is 5.33. The molecule has 1 heterocycles. The van der Waals surface area contributed by atoms with Crippen molar-refractivity contribution in [2.75, 3.05) is 6.54 Å². The fourth-order valence-corrected chi connectivity index (χ4v) is 2.38. The Morgan fingerprint density at radius 2 is 2.15 bits per heavy atom. The molecule has 0 aliphatic heterocycles. The van der Waals surface area contributed by atoms with Crippen LogP contribution in [0.15, 0.2) is 30.6 Å². The fraction of sp³-hybridized carbons (Fsp3) is 0.438. The van der Waals surface area contributed by atoms with Gasteiger partial charge in [-0.05, 0) is 26.0 Å². The summed E-state index contributed by atoms with van der Waals surface area (Å²) in [5, 5.41) is 7.69. The topological polar surface area (TPSA) is 29.9 Å². The number of nitrogens with zero attached hydrogens (tertiary/aromatic N) is 2. The average Bonchev–Trinajstić information content (AvgIpc) is 2.88. The summed E-state index contributed by atoms with van der Waals surface area (Å²) in [5.74, 6) is -0.176. The lowest BCUT2D eigenvalue weighted by Crippen LogP contribution is -2.22. The molecule has 0 aliphatic rings. The van der Waals surface area contributed by atoms with Crippen LogP contribution in [0.4, 0.5) is 4.39 Å². The highest BCUT2D eigenvalue weighted by atomic mass is 19.1. The number of hydrogen-bond donors (Lipinski definition) is 1. The summed E-state index contributed by atoms with van der Waals surface area (Å²) in [6, 6.07) is 5.08. The zero-order chi connectivity index (χ0) is 14.5. The van der Waals surface area contributed by atoms with E-state index in [2.05, 4.69) is 17.3 Å². The van der Waals surface area contributed by atoms with Crippen LogP contribution in [0.2, 0.25) is 0 Å². The molecule has 1 atom stereocenters. The Hall–Kier alpha value is -1.68. The van der Waals surface area contributed by atoms with Crippen LogP contribution in [0.25, 0.3) is 0 Å². The molecule has 0 aliphatic carbocycles. The summed E-state index contributed by atoms with van der Waals surface area (Å²) in [7, 11) is 0. The summed E-state index contributed by atoms with van der Waals surface area (Å²) in [4.78, 5) is 0. The van der Waals surface area contributed by atoms with Gasteiger partial charge in [0.2, 0.25) is 0 Å². The third-order valence-corrected chi connectivity index (χ3v) is 3.31. The Balaban J connectivity index is 2.36. The Kier molecular flexibility index (Phi) is 4.90. The molecule has 1 N–H and O–H groups in total. The molecular formula is C16H22FN3. The molecule has 2 rings (SSSR count). The quantitative estimate of drug-likeness (QED) is 0.875. The number of benzene rings is 1. The minimum atomic E-state index is -0.176. The SMILES string of the molecule is CCCn1cc(C(NCC)c2cc(C)ccc2F)cn1. The number of aromatic nitrogens is 2. The standard InChI is InChI=1S/C16H22FN3/c1-4-8-20-11-13(10-19-20)16(18-5-2)14-9-12(3)6-7-15(14)17/h6-7,9-11,16,18H,4-5,8H2,1-3H3. The molecule has 1 aromatic heterocycles. The molecule has 0 saturated heterocycles. The molecule has 0 spiro atoms. The molecular weight excluding hydrogens is 253 g/mol. The highest BCUT2D eigenvalue weighted by Gasteiger charge is 2.18. The largest absolute Gasteiger partial charge is 0.306 e. The third-order valence-electron chi connectivity index (χ3n) is 3.31. The van der Waals surface area contributed by atoms with Gasteiger partial charge in [0.25, 0.3) is 0 Å². The van der Waals surface area contributed by atoms with E-state index in [1.54, 1.807) is 6.07 Å². The molecule has 0 amide bonds. The maximum Gasteiger partial charge on any atom is 0.128 e. The zero-order valence-corrected chi connectivity index (χ0v) is 12.4. The van der Waals surface area contributed by atoms with Crippen LogP contribution in [0, 0.1) is 12.7 Å². The number of nitrogens with one attached hydrogen (secondary N) is 1. The first kappa shape index (κ1) is 14.7. The van der Waals surface area contributed by atoms with Gasteiger partial charge in [0.1, 0.15) is 5.82 Å². The minimum Gasteiger partial charge on any atom is -0.306 e. The van der Waals surface area contributed by atoms with E-state index in [4.69, 9.17) is 0 Å². The number of aryl methyl sites for hydroxylation is 2. The second-order valence-corrected chi connectivity index (χ2v) is 5.05. The molecule has 108 valence electrons. The van der Waals surface area contributed by atoms with E-state index >= 15 is 0 Å². The Bertz CT molecular complexity index is 563. The van der Waals surface area contributed by atoms with Gasteiger partial charge in [-0.1, -0.05) is 31.5 Å². The van der Waals surface area contributed by atoms with Gasteiger partial charge in [0, 0.05) is 23.9 Å². The van der Waals surface area contributed by atoms with E-state index in [1.165, 1.54) is 6.07 Å². The molecule has 1 aromatic carbocycles. The first-order valence-corrected chi connectivity index (χ1v) is 7.17. The summed E-state index contributed by atoms with van der Waals surface area (Å²) in [5.41, 5.74) is 2.75. The summed E-state index contributed by atoms with van der Waals surface area (Å²) in [6.07, 6.45) is 4.86. The van der Waals surface area contributed by atoms with E-state index in [0.717, 1.165) is 30.6 Å². The van der Waals surface area contributed by atoms with Gasteiger partial charge in [-0.3, -0.25) is 4.68 Å². The lowest BCUT2D eigenvalue weighted by Gasteiger charge is -2.18. The van der Waals surface area contributed by atoms with Crippen LogP contribution >= 0.6 is 0 Å². The van der Waals surface area contributed by atoms with Crippen molar-refractivity contribution in [3.8, 4) is 0 Å². The zero-order valence-electron chi connectivity index (χ0n) is 12.4. The first-order valence-electron chi connectivity index (χ1n) is 7.17. The molecule has 2 aromatic rings. The van der Waals surface area contributed by atoms with Crippen molar-refractivity contribution in [2.24, 2.45) is 0 Å². The molecule has 3 nitrogen and oxygen atoms in total. The first-order chi connectivity index (χ1) is 9.65. The predicted octanol–water partition coefficient (Wildman–Crippen LogP) is 3.44. The third kappa shape index (κ3) is 3.25. The van der Waals surface area contributed by atoms with Crippen LogP contribution in [-0.2, 0) is 6.54 Å². The monoisotopic (exact) mass is 275 g/mol. The Morgan fingerprint density at radius 1 is 1.35 bits per heavy atom. The molecule has 1 unspecified atom stereocenters. The summed E-state index contributed by atoms with van der Waals surface area (Å²) >= 11 is 0. The van der Waals surface area contributed by atoms with Gasteiger partial charge >= 0.3 is 0 Å². The van der Waals surface area contributed by atoms with Gasteiger partial charge in [0.05, 0.1) is 12.2 Å². The van der Waals surface area contributed by atoms with Crippen LogP contribution in [0.3, 0.4) is 0 Å². The molecule has 0 radical (unpaired) electrons. The van der Waals surface area contributed by atoms with E-state index in [1.807, 2.05) is 37.0 Å². The minimum absolute atomic E-state index is 0.148. The van der Waals surface area contributed by atoms with Gasteiger partial charge in [-0.25, -0.2) is 4.39 Å². The normalized spacial score (nSPS) is 12.6. The second kappa shape index (κ2) is 6.66. The Morgan fingerprint density at radius 3 is 2.85 bits per heavy atom. The summed E-state index contributed by atoms with van der Waals surface area (Å²) < 4.78 is 16.0. The highest BCUT2D eigenvalue weighted by Crippen LogP contribution is 2.25. The maximum absolute atomic E-state index is 14.1. The van der Waals surface area contributed by atoms with Crippen molar-refractivity contribution in [1.29, 1.82) is 0 Å². The fourth-order valence-electron chi connectivity index (χ4n) is 2.38. The molecule has 20 heavy (non-hydrogen) atoms. The van der Waals surface area contributed by atoms with Gasteiger partial charge in [0.15, 0.2) is 0 Å². The van der Waals surface area contributed by atoms with E-state index in [-0.39, 0.29) is 11.9 Å². The second-order valence-electron chi connectivity index (χ2n) is 5.05. The predicted molar refractivity (Wildman–Crippen MR) is 79.2 cm³/mol. The van der Waals surface area contributed by atoms with Gasteiger partial charge < -0.3 is 5.32 Å². The van der Waals surface area contributed by atoms with Crippen LogP contribution < -0.4 is 5.32 Å². The lowest BCUT2D eigenvalue weighted by molar-refractivity contribution is 0.556. The molecule has 0 fully saturated rings.